The van der Waals surface area contributed by atoms with E-state index in [1.54, 1.807) is 12.1 Å². The van der Waals surface area contributed by atoms with Crippen molar-refractivity contribution >= 4 is 54.8 Å². The summed E-state index contributed by atoms with van der Waals surface area (Å²) in [5, 5.41) is 17.7. The first-order valence-electron chi connectivity index (χ1n) is 11.7. The molecule has 1 heterocycles. The summed E-state index contributed by atoms with van der Waals surface area (Å²) in [6, 6.07) is 30.7. The number of nitrogens with zero attached hydrogens (tertiary/aromatic N) is 2. The highest BCUT2D eigenvalue weighted by Crippen LogP contribution is 2.37. The number of carbonyl (C=O) groups is 1. The summed E-state index contributed by atoms with van der Waals surface area (Å²) in [4.78, 5) is 12.4. The number of nitrogens with one attached hydrogen (secondary N) is 2. The maximum absolute atomic E-state index is 12.3. The number of primary sulfonamides is 1. The van der Waals surface area contributed by atoms with Crippen molar-refractivity contribution in [3.63, 3.8) is 0 Å². The summed E-state index contributed by atoms with van der Waals surface area (Å²) in [5.74, 6) is 0. The lowest BCUT2D eigenvalue weighted by molar-refractivity contribution is 0.262. The maximum atomic E-state index is 12.3. The Kier molecular flexibility index (Phi) is 7.28. The van der Waals surface area contributed by atoms with Crippen molar-refractivity contribution in [2.24, 2.45) is 10.2 Å². The van der Waals surface area contributed by atoms with Gasteiger partial charge in [-0.05, 0) is 71.8 Å². The van der Waals surface area contributed by atoms with E-state index in [0.717, 1.165) is 27.0 Å². The molecule has 4 aromatic carbocycles. The summed E-state index contributed by atoms with van der Waals surface area (Å²) in [7, 11) is -3.79. The molecule has 1 aliphatic rings. The van der Waals surface area contributed by atoms with Crippen molar-refractivity contribution in [2.75, 3.05) is 15.6 Å². The molecule has 0 fully saturated rings. The fourth-order valence-electron chi connectivity index (χ4n) is 4.22. The third-order valence-corrected chi connectivity index (χ3v) is 7.56. The van der Waals surface area contributed by atoms with E-state index in [1.807, 2.05) is 83.9 Å². The second kappa shape index (κ2) is 10.8. The van der Waals surface area contributed by atoms with Gasteiger partial charge in [0.2, 0.25) is 10.0 Å². The molecule has 8 nitrogen and oxygen atoms in total. The van der Waals surface area contributed by atoms with Crippen LogP contribution >= 0.6 is 15.9 Å². The van der Waals surface area contributed by atoms with Crippen LogP contribution in [0.2, 0.25) is 0 Å². The predicted molar refractivity (Wildman–Crippen MR) is 154 cm³/mol. The Morgan fingerprint density at radius 1 is 0.842 bits per heavy atom. The van der Waals surface area contributed by atoms with Crippen LogP contribution < -0.4 is 20.8 Å². The molecule has 0 aliphatic carbocycles. The van der Waals surface area contributed by atoms with Gasteiger partial charge in [0.05, 0.1) is 22.3 Å². The van der Waals surface area contributed by atoms with Gasteiger partial charge in [-0.25, -0.2) is 18.4 Å². The molecule has 5 rings (SSSR count). The normalized spacial score (nSPS) is 15.2. The number of anilines is 3. The third kappa shape index (κ3) is 5.94. The summed E-state index contributed by atoms with van der Waals surface area (Å²) in [5.41, 5.74) is 4.96. The Labute approximate surface area is 229 Å². The van der Waals surface area contributed by atoms with Gasteiger partial charge in [-0.15, -0.1) is 0 Å². The number of rotatable bonds is 6. The Bertz CT molecular complexity index is 1570. The molecule has 1 aliphatic heterocycles. The summed E-state index contributed by atoms with van der Waals surface area (Å²) >= 11 is 3.49. The highest BCUT2D eigenvalue weighted by atomic mass is 79.9. The van der Waals surface area contributed by atoms with E-state index in [4.69, 9.17) is 10.2 Å². The van der Waals surface area contributed by atoms with Gasteiger partial charge < -0.3 is 10.6 Å². The first kappa shape index (κ1) is 25.7. The minimum absolute atomic E-state index is 0.0456. The Balaban J connectivity index is 1.38. The van der Waals surface area contributed by atoms with Crippen molar-refractivity contribution in [3.8, 4) is 0 Å². The van der Waals surface area contributed by atoms with Gasteiger partial charge in [-0.3, -0.25) is 5.01 Å². The average Bonchev–Trinajstić information content (AvgIpc) is 3.35. The molecule has 0 spiro atoms. The van der Waals surface area contributed by atoms with E-state index in [-0.39, 0.29) is 17.0 Å². The number of hydrogen-bond donors (Lipinski definition) is 3. The number of sulfonamides is 1. The minimum atomic E-state index is -3.79. The van der Waals surface area contributed by atoms with Crippen molar-refractivity contribution < 1.29 is 13.2 Å². The van der Waals surface area contributed by atoms with E-state index in [9.17, 15) is 13.2 Å². The molecule has 1 atom stereocenters. The molecule has 0 saturated heterocycles. The van der Waals surface area contributed by atoms with Gasteiger partial charge in [0, 0.05) is 22.3 Å². The standard InChI is InChI=1S/C28H24BrN5O3S/c29-21-10-6-20(7-11-21)27-18-26(33-34(27)24-14-16-25(17-15-24)38(30,36)37)19-8-12-23(13-9-19)32-28(35)31-22-4-2-1-3-5-22/h1-17,27H,18H2,(H2,30,36,37)(H2,31,32,35). The van der Waals surface area contributed by atoms with Gasteiger partial charge >= 0.3 is 6.03 Å². The molecular weight excluding hydrogens is 566 g/mol. The Morgan fingerprint density at radius 3 is 2.05 bits per heavy atom. The summed E-state index contributed by atoms with van der Waals surface area (Å²) in [6.45, 7) is 0. The van der Waals surface area contributed by atoms with Crippen molar-refractivity contribution in [2.45, 2.75) is 17.4 Å². The molecule has 4 N–H and O–H groups in total. The number of hydrazone groups is 1. The van der Waals surface area contributed by atoms with Crippen molar-refractivity contribution in [3.05, 3.63) is 119 Å². The van der Waals surface area contributed by atoms with Crippen LogP contribution in [0.15, 0.2) is 118 Å². The monoisotopic (exact) mass is 589 g/mol. The van der Waals surface area contributed by atoms with Gasteiger partial charge in [0.25, 0.3) is 0 Å². The fourth-order valence-corrected chi connectivity index (χ4v) is 5.00. The van der Waals surface area contributed by atoms with Crippen LogP contribution in [0.5, 0.6) is 0 Å². The highest BCUT2D eigenvalue weighted by Gasteiger charge is 2.30. The van der Waals surface area contributed by atoms with Crippen LogP contribution in [0.25, 0.3) is 0 Å². The molecule has 0 saturated carbocycles. The topological polar surface area (TPSA) is 117 Å². The van der Waals surface area contributed by atoms with Crippen LogP contribution in [0.1, 0.15) is 23.6 Å². The molecule has 4 aromatic rings. The Hall–Kier alpha value is -3.99. The smallest absolute Gasteiger partial charge is 0.308 e. The van der Waals surface area contributed by atoms with E-state index in [1.165, 1.54) is 12.1 Å². The largest absolute Gasteiger partial charge is 0.323 e. The zero-order valence-electron chi connectivity index (χ0n) is 20.1. The zero-order chi connectivity index (χ0) is 26.7. The van der Waals surface area contributed by atoms with E-state index >= 15 is 0 Å². The van der Waals surface area contributed by atoms with E-state index in [2.05, 4.69) is 26.6 Å². The molecule has 38 heavy (non-hydrogen) atoms. The predicted octanol–water partition coefficient (Wildman–Crippen LogP) is 6.10. The van der Waals surface area contributed by atoms with Crippen LogP contribution in [-0.2, 0) is 10.0 Å². The van der Waals surface area contributed by atoms with E-state index < -0.39 is 10.0 Å². The van der Waals surface area contributed by atoms with Crippen molar-refractivity contribution in [1.82, 2.24) is 0 Å². The molecule has 2 amide bonds. The second-order valence-electron chi connectivity index (χ2n) is 8.72. The number of benzene rings is 4. The van der Waals surface area contributed by atoms with Gasteiger partial charge in [-0.1, -0.05) is 58.4 Å². The maximum Gasteiger partial charge on any atom is 0.323 e. The minimum Gasteiger partial charge on any atom is -0.308 e. The van der Waals surface area contributed by atoms with Gasteiger partial charge in [0.1, 0.15) is 0 Å². The lowest BCUT2D eigenvalue weighted by Gasteiger charge is -2.24. The summed E-state index contributed by atoms with van der Waals surface area (Å²) < 4.78 is 24.4. The molecule has 1 unspecified atom stereocenters. The molecule has 10 heteroatoms. The fraction of sp³-hybridized carbons (Fsp3) is 0.0714. The van der Waals surface area contributed by atoms with Crippen LogP contribution in [-0.4, -0.2) is 20.2 Å². The van der Waals surface area contributed by atoms with Crippen LogP contribution in [0.4, 0.5) is 21.9 Å². The highest BCUT2D eigenvalue weighted by molar-refractivity contribution is 9.10. The van der Waals surface area contributed by atoms with Gasteiger partial charge in [0.15, 0.2) is 0 Å². The number of amides is 2. The van der Waals surface area contributed by atoms with Crippen LogP contribution in [0.3, 0.4) is 0 Å². The lowest BCUT2D eigenvalue weighted by Crippen LogP contribution is -2.19. The van der Waals surface area contributed by atoms with Crippen molar-refractivity contribution in [1.29, 1.82) is 0 Å². The quantitative estimate of drug-likeness (QED) is 0.252. The summed E-state index contributed by atoms with van der Waals surface area (Å²) in [6.07, 6.45) is 0.639. The first-order chi connectivity index (χ1) is 18.3. The average molecular weight is 591 g/mol. The molecule has 192 valence electrons. The number of urea groups is 1. The number of hydrogen-bond acceptors (Lipinski definition) is 5. The molecule has 0 radical (unpaired) electrons. The number of carbonyl (C=O) groups excluding carboxylic acids is 1. The van der Waals surface area contributed by atoms with Gasteiger partial charge in [-0.2, -0.15) is 5.10 Å². The number of nitrogens with two attached hydrogens (primary N) is 1. The number of halogens is 1. The Morgan fingerprint density at radius 2 is 1.45 bits per heavy atom. The first-order valence-corrected chi connectivity index (χ1v) is 14.1. The SMILES string of the molecule is NS(=O)(=O)c1ccc(N2N=C(c3ccc(NC(=O)Nc4ccccc4)cc3)CC2c2ccc(Br)cc2)cc1. The zero-order valence-corrected chi connectivity index (χ0v) is 22.5. The molecular formula is C28H24BrN5O3S. The second-order valence-corrected chi connectivity index (χ2v) is 11.2. The number of para-hydroxylation sites is 1. The molecule has 0 bridgehead atoms. The molecule has 0 aromatic heterocycles. The third-order valence-electron chi connectivity index (χ3n) is 6.10. The van der Waals surface area contributed by atoms with Crippen LogP contribution in [0, 0.1) is 0 Å². The lowest BCUT2D eigenvalue weighted by atomic mass is 9.98. The van der Waals surface area contributed by atoms with E-state index in [0.29, 0.717) is 17.8 Å².